The summed E-state index contributed by atoms with van der Waals surface area (Å²) in [6.07, 6.45) is 0. The van der Waals surface area contributed by atoms with Gasteiger partial charge in [0.1, 0.15) is 11.5 Å². The van der Waals surface area contributed by atoms with Crippen LogP contribution in [0.5, 0.6) is 11.5 Å². The first-order valence-corrected chi connectivity index (χ1v) is 12.7. The van der Waals surface area contributed by atoms with Crippen LogP contribution in [0.4, 0.5) is 0 Å². The van der Waals surface area contributed by atoms with Crippen molar-refractivity contribution < 1.29 is 10.2 Å². The van der Waals surface area contributed by atoms with Crippen molar-refractivity contribution in [1.29, 1.82) is 0 Å². The van der Waals surface area contributed by atoms with E-state index in [-0.39, 0.29) is 14.9 Å². The molecular formula is C32H64O2. The molecule has 0 radical (unpaired) electrons. The Morgan fingerprint density at radius 3 is 1.00 bits per heavy atom. The molecule has 0 aliphatic carbocycles. The largest absolute Gasteiger partial charge is 0.508 e. The van der Waals surface area contributed by atoms with Gasteiger partial charge in [0.2, 0.25) is 0 Å². The topological polar surface area (TPSA) is 40.5 Å². The number of phenolic OH excluding ortho intramolecular Hbond substituents is 2. The molecule has 0 unspecified atom stereocenters. The molecule has 2 heteroatoms. The van der Waals surface area contributed by atoms with Gasteiger partial charge in [0.05, 0.1) is 0 Å². The molecule has 0 aliphatic rings. The molecule has 0 saturated heterocycles. The minimum atomic E-state index is 0. The average molecular weight is 481 g/mol. The summed E-state index contributed by atoms with van der Waals surface area (Å²) in [6.45, 7) is 28.0. The molecule has 0 bridgehead atoms. The van der Waals surface area contributed by atoms with Crippen LogP contribution in [0.2, 0.25) is 0 Å². The summed E-state index contributed by atoms with van der Waals surface area (Å²) in [4.78, 5) is 0. The summed E-state index contributed by atoms with van der Waals surface area (Å²) in [7, 11) is 0. The summed E-state index contributed by atoms with van der Waals surface area (Å²) in [5.41, 5.74) is 0. The molecule has 2 nitrogen and oxygen atoms in total. The standard InChI is InChI=1S/C10H8O.C6H6O.7C2H6.2CH4/c11-10-6-5-8-3-1-2-4-9(8)7-10;7-6-4-2-1-3-5-6;7*1-2;;/h1-7,11H;1-5,7H;7*1-2H3;2*1H4. The molecule has 2 N–H and O–H groups in total. The van der Waals surface area contributed by atoms with Crippen molar-refractivity contribution in [2.45, 2.75) is 112 Å². The Labute approximate surface area is 217 Å². The van der Waals surface area contributed by atoms with Gasteiger partial charge in [0.15, 0.2) is 0 Å². The number of benzene rings is 3. The van der Waals surface area contributed by atoms with Crippen LogP contribution in [0, 0.1) is 0 Å². The quantitative estimate of drug-likeness (QED) is 0.336. The van der Waals surface area contributed by atoms with Crippen LogP contribution in [0.3, 0.4) is 0 Å². The van der Waals surface area contributed by atoms with Gasteiger partial charge in [-0.25, -0.2) is 0 Å². The highest BCUT2D eigenvalue weighted by atomic mass is 16.3. The lowest BCUT2D eigenvalue weighted by atomic mass is 10.1. The average Bonchev–Trinajstić information content (AvgIpc) is 2.93. The molecule has 3 aromatic carbocycles. The number of aromatic hydroxyl groups is 2. The summed E-state index contributed by atoms with van der Waals surface area (Å²) in [5, 5.41) is 20.0. The summed E-state index contributed by atoms with van der Waals surface area (Å²) in [6, 6.07) is 22.0. The highest BCUT2D eigenvalue weighted by Gasteiger charge is 1.91. The third kappa shape index (κ3) is 36.9. The minimum absolute atomic E-state index is 0. The molecule has 0 fully saturated rings. The highest BCUT2D eigenvalue weighted by molar-refractivity contribution is 5.83. The Balaban J connectivity index is -0.0000000433. The molecule has 0 amide bonds. The van der Waals surface area contributed by atoms with Crippen LogP contribution >= 0.6 is 0 Å². The van der Waals surface area contributed by atoms with Crippen molar-refractivity contribution in [3.63, 3.8) is 0 Å². The van der Waals surface area contributed by atoms with Crippen molar-refractivity contribution in [3.8, 4) is 11.5 Å². The van der Waals surface area contributed by atoms with E-state index in [9.17, 15) is 0 Å². The molecule has 34 heavy (non-hydrogen) atoms. The Hall–Kier alpha value is -2.48. The third-order valence-electron chi connectivity index (χ3n) is 2.49. The van der Waals surface area contributed by atoms with Crippen molar-refractivity contribution >= 4 is 10.8 Å². The summed E-state index contributed by atoms with van der Waals surface area (Å²) >= 11 is 0. The van der Waals surface area contributed by atoms with Gasteiger partial charge in [0, 0.05) is 0 Å². The fourth-order valence-electron chi connectivity index (χ4n) is 1.60. The lowest BCUT2D eigenvalue weighted by Gasteiger charge is -1.96. The van der Waals surface area contributed by atoms with E-state index in [1.54, 1.807) is 36.4 Å². The number of fused-ring (bicyclic) bond motifs is 1. The van der Waals surface area contributed by atoms with E-state index in [1.165, 1.54) is 0 Å². The maximum absolute atomic E-state index is 9.13. The van der Waals surface area contributed by atoms with Gasteiger partial charge in [-0.1, -0.05) is 160 Å². The van der Waals surface area contributed by atoms with E-state index in [1.807, 2.05) is 133 Å². The van der Waals surface area contributed by atoms with Gasteiger partial charge in [-0.3, -0.25) is 0 Å². The smallest absolute Gasteiger partial charge is 0.116 e. The van der Waals surface area contributed by atoms with E-state index in [0.29, 0.717) is 11.5 Å². The van der Waals surface area contributed by atoms with Gasteiger partial charge >= 0.3 is 0 Å². The number of hydrogen-bond donors (Lipinski definition) is 2. The van der Waals surface area contributed by atoms with Gasteiger partial charge in [0.25, 0.3) is 0 Å². The maximum Gasteiger partial charge on any atom is 0.116 e. The predicted octanol–water partition coefficient (Wildman–Crippen LogP) is 12.4. The van der Waals surface area contributed by atoms with Crippen LogP contribution < -0.4 is 0 Å². The molecular weight excluding hydrogens is 416 g/mol. The van der Waals surface area contributed by atoms with E-state index >= 15 is 0 Å². The fraction of sp³-hybridized carbons (Fsp3) is 0.500. The Morgan fingerprint density at radius 2 is 0.676 bits per heavy atom. The number of phenols is 2. The van der Waals surface area contributed by atoms with Crippen LogP contribution in [-0.4, -0.2) is 10.2 Å². The number of rotatable bonds is 0. The third-order valence-corrected chi connectivity index (χ3v) is 2.49. The summed E-state index contributed by atoms with van der Waals surface area (Å²) < 4.78 is 0. The minimum Gasteiger partial charge on any atom is -0.508 e. The highest BCUT2D eigenvalue weighted by Crippen LogP contribution is 2.18. The zero-order valence-electron chi connectivity index (χ0n) is 23.8. The second kappa shape index (κ2) is 57.4. The van der Waals surface area contributed by atoms with E-state index in [0.717, 1.165) is 10.8 Å². The first kappa shape index (κ1) is 53.1. The Bertz CT molecular complexity index is 620. The zero-order chi connectivity index (χ0) is 26.8. The van der Waals surface area contributed by atoms with Crippen LogP contribution in [0.15, 0.2) is 72.8 Å². The summed E-state index contributed by atoms with van der Waals surface area (Å²) in [5.74, 6) is 0.645. The van der Waals surface area contributed by atoms with Gasteiger partial charge in [-0.15, -0.1) is 0 Å². The number of hydrogen-bond acceptors (Lipinski definition) is 2. The lowest BCUT2D eigenvalue weighted by Crippen LogP contribution is -1.69. The van der Waals surface area contributed by atoms with Crippen molar-refractivity contribution in [2.24, 2.45) is 0 Å². The molecule has 0 atom stereocenters. The molecule has 0 saturated carbocycles. The van der Waals surface area contributed by atoms with Crippen LogP contribution in [0.25, 0.3) is 10.8 Å². The molecule has 0 heterocycles. The Morgan fingerprint density at radius 1 is 0.353 bits per heavy atom. The van der Waals surface area contributed by atoms with Gasteiger partial charge in [-0.2, -0.15) is 0 Å². The van der Waals surface area contributed by atoms with Crippen LogP contribution in [0.1, 0.15) is 112 Å². The molecule has 0 aromatic heterocycles. The van der Waals surface area contributed by atoms with Crippen molar-refractivity contribution in [3.05, 3.63) is 72.8 Å². The lowest BCUT2D eigenvalue weighted by molar-refractivity contribution is 0.475. The van der Waals surface area contributed by atoms with Crippen molar-refractivity contribution in [1.82, 2.24) is 0 Å². The first-order chi connectivity index (χ1) is 15.8. The molecule has 0 spiro atoms. The normalized spacial score (nSPS) is 6.29. The molecule has 0 aliphatic heterocycles. The second-order valence-electron chi connectivity index (χ2n) is 3.87. The first-order valence-electron chi connectivity index (χ1n) is 12.7. The van der Waals surface area contributed by atoms with Gasteiger partial charge in [-0.05, 0) is 35.0 Å². The SMILES string of the molecule is C.C.CC.CC.CC.CC.CC.CC.CC.Oc1ccc2ccccc2c1.Oc1ccccc1. The molecule has 3 aromatic rings. The second-order valence-corrected chi connectivity index (χ2v) is 3.87. The van der Waals surface area contributed by atoms with Crippen molar-refractivity contribution in [2.75, 3.05) is 0 Å². The zero-order valence-corrected chi connectivity index (χ0v) is 23.8. The van der Waals surface area contributed by atoms with E-state index in [4.69, 9.17) is 10.2 Å². The fourth-order valence-corrected chi connectivity index (χ4v) is 1.60. The van der Waals surface area contributed by atoms with E-state index in [2.05, 4.69) is 0 Å². The van der Waals surface area contributed by atoms with Crippen LogP contribution in [-0.2, 0) is 0 Å². The molecule has 3 rings (SSSR count). The Kier molecular flexibility index (Phi) is 89.6. The predicted molar refractivity (Wildman–Crippen MR) is 167 cm³/mol. The molecule has 204 valence electrons. The monoisotopic (exact) mass is 480 g/mol. The number of para-hydroxylation sites is 1. The maximum atomic E-state index is 9.13. The van der Waals surface area contributed by atoms with Gasteiger partial charge < -0.3 is 10.2 Å². The van der Waals surface area contributed by atoms with E-state index < -0.39 is 0 Å².